The van der Waals surface area contributed by atoms with Crippen molar-refractivity contribution in [2.24, 2.45) is 5.41 Å². The number of halogens is 2. The number of nitrogens with one attached hydrogen (secondary N) is 2. The zero-order chi connectivity index (χ0) is 33.3. The Labute approximate surface area is 273 Å². The van der Waals surface area contributed by atoms with Gasteiger partial charge in [0.25, 0.3) is 5.91 Å². The fourth-order valence-electron chi connectivity index (χ4n) is 6.99. The molecule has 4 heterocycles. The minimum Gasteiger partial charge on any atom is -0.390 e. The van der Waals surface area contributed by atoms with E-state index >= 15 is 0 Å². The summed E-state index contributed by atoms with van der Waals surface area (Å²) in [4.78, 5) is 27.2. The Bertz CT molecular complexity index is 1760. The lowest BCUT2D eigenvalue weighted by atomic mass is 9.77. The standard InChI is InChI=1S/C33H40F2N6O5S/c1-47(45,46)40-13-8-29-28(21-40)30(38-41(29)20-27(42)19-39-14-10-33(11-15-39)9-12-36-32(33)44)23-2-3-24(17-34)25(16-23)18-37-31(43)22-4-6-26(35)7-5-22/h2-7,16,27,42H,8-15,17-21H2,1H3,(H,36,44)(H,37,43). The summed E-state index contributed by atoms with van der Waals surface area (Å²) in [5, 5.41) is 21.8. The van der Waals surface area contributed by atoms with Crippen LogP contribution in [0.2, 0.25) is 0 Å². The smallest absolute Gasteiger partial charge is 0.251 e. The van der Waals surface area contributed by atoms with E-state index in [0.717, 1.165) is 43.6 Å². The molecule has 0 bridgehead atoms. The molecular formula is C33H40F2N6O5S. The maximum Gasteiger partial charge on any atom is 0.251 e. The second-order valence-electron chi connectivity index (χ2n) is 12.8. The zero-order valence-corrected chi connectivity index (χ0v) is 27.2. The van der Waals surface area contributed by atoms with Crippen LogP contribution in [-0.2, 0) is 47.5 Å². The number of fused-ring (bicyclic) bond motifs is 1. The number of hydrogen-bond donors (Lipinski definition) is 3. The zero-order valence-electron chi connectivity index (χ0n) is 26.3. The van der Waals surface area contributed by atoms with Crippen LogP contribution in [-0.4, -0.2) is 89.4 Å². The Morgan fingerprint density at radius 1 is 1.09 bits per heavy atom. The van der Waals surface area contributed by atoms with E-state index in [0.29, 0.717) is 41.9 Å². The first-order valence-corrected chi connectivity index (χ1v) is 17.7. The first-order valence-electron chi connectivity index (χ1n) is 15.9. The summed E-state index contributed by atoms with van der Waals surface area (Å²) >= 11 is 0. The summed E-state index contributed by atoms with van der Waals surface area (Å²) in [7, 11) is -3.49. The number of aliphatic hydroxyl groups is 1. The van der Waals surface area contributed by atoms with Crippen LogP contribution in [0.5, 0.6) is 0 Å². The highest BCUT2D eigenvalue weighted by atomic mass is 32.2. The molecule has 0 radical (unpaired) electrons. The van der Waals surface area contributed by atoms with Crippen LogP contribution in [0.15, 0.2) is 42.5 Å². The number of alkyl halides is 1. The average molecular weight is 671 g/mol. The molecule has 2 aromatic carbocycles. The van der Waals surface area contributed by atoms with E-state index in [2.05, 4.69) is 15.5 Å². The average Bonchev–Trinajstić information content (AvgIpc) is 3.59. The number of benzene rings is 2. The Hall–Kier alpha value is -3.72. The van der Waals surface area contributed by atoms with Crippen LogP contribution < -0.4 is 10.6 Å². The maximum atomic E-state index is 14.0. The van der Waals surface area contributed by atoms with Gasteiger partial charge in [0.1, 0.15) is 12.5 Å². The number of likely N-dealkylation sites (tertiary alicyclic amines) is 1. The van der Waals surface area contributed by atoms with Gasteiger partial charge in [0, 0.05) is 61.5 Å². The number of amides is 2. The molecule has 3 N–H and O–H groups in total. The van der Waals surface area contributed by atoms with Crippen LogP contribution in [0.1, 0.15) is 52.0 Å². The van der Waals surface area contributed by atoms with Crippen molar-refractivity contribution in [1.82, 2.24) is 29.6 Å². The van der Waals surface area contributed by atoms with Crippen molar-refractivity contribution < 1.29 is 31.9 Å². The van der Waals surface area contributed by atoms with Gasteiger partial charge in [0.2, 0.25) is 15.9 Å². The van der Waals surface area contributed by atoms with Gasteiger partial charge in [-0.05, 0) is 73.8 Å². The second-order valence-corrected chi connectivity index (χ2v) is 14.8. The Kier molecular flexibility index (Phi) is 9.47. The number of β-amino-alcohol motifs (C(OH)–C–C–N with tert-alkyl or cyclic N) is 1. The summed E-state index contributed by atoms with van der Waals surface area (Å²) in [6.45, 7) is 2.42. The second kappa shape index (κ2) is 13.4. The van der Waals surface area contributed by atoms with Gasteiger partial charge in [-0.25, -0.2) is 17.2 Å². The predicted octanol–water partition coefficient (Wildman–Crippen LogP) is 2.37. The molecule has 47 heavy (non-hydrogen) atoms. The normalized spacial score (nSPS) is 19.0. The van der Waals surface area contributed by atoms with Crippen molar-refractivity contribution in [3.8, 4) is 11.3 Å². The first-order chi connectivity index (χ1) is 22.5. The number of carbonyl (C=O) groups is 2. The predicted molar refractivity (Wildman–Crippen MR) is 171 cm³/mol. The van der Waals surface area contributed by atoms with E-state index in [9.17, 15) is 31.9 Å². The lowest BCUT2D eigenvalue weighted by Gasteiger charge is -2.38. The van der Waals surface area contributed by atoms with Crippen LogP contribution in [0.4, 0.5) is 8.78 Å². The van der Waals surface area contributed by atoms with E-state index in [4.69, 9.17) is 5.10 Å². The molecule has 0 aliphatic carbocycles. The number of hydrogen-bond acceptors (Lipinski definition) is 7. The number of sulfonamides is 1. The number of aliphatic hydroxyl groups excluding tert-OH is 1. The molecule has 2 saturated heterocycles. The molecular weight excluding hydrogens is 630 g/mol. The Morgan fingerprint density at radius 3 is 2.49 bits per heavy atom. The van der Waals surface area contributed by atoms with Crippen molar-refractivity contribution in [3.05, 3.63) is 76.2 Å². The summed E-state index contributed by atoms with van der Waals surface area (Å²) in [5.41, 5.74) is 3.60. The van der Waals surface area contributed by atoms with Crippen LogP contribution in [0.25, 0.3) is 11.3 Å². The van der Waals surface area contributed by atoms with Gasteiger partial charge in [0.05, 0.1) is 30.0 Å². The topological polar surface area (TPSA) is 137 Å². The van der Waals surface area contributed by atoms with Gasteiger partial charge in [-0.15, -0.1) is 0 Å². The Morgan fingerprint density at radius 2 is 1.83 bits per heavy atom. The molecule has 2 amide bonds. The van der Waals surface area contributed by atoms with E-state index in [1.807, 2.05) is 0 Å². The number of nitrogens with zero attached hydrogens (tertiary/aromatic N) is 4. The van der Waals surface area contributed by atoms with Gasteiger partial charge < -0.3 is 20.6 Å². The van der Waals surface area contributed by atoms with Crippen molar-refractivity contribution in [2.75, 3.05) is 39.0 Å². The molecule has 1 spiro atoms. The highest BCUT2D eigenvalue weighted by molar-refractivity contribution is 7.88. The SMILES string of the molecule is CS(=O)(=O)N1CCc2c(c(-c3ccc(CF)c(CNC(=O)c4ccc(F)cc4)c3)nn2CC(O)CN2CCC3(CCNC3=O)CC2)C1. The maximum absolute atomic E-state index is 14.0. The van der Waals surface area contributed by atoms with Crippen LogP contribution in [0, 0.1) is 11.2 Å². The van der Waals surface area contributed by atoms with E-state index in [1.165, 1.54) is 34.8 Å². The summed E-state index contributed by atoms with van der Waals surface area (Å²) in [6, 6.07) is 10.2. The first kappa shape index (κ1) is 33.2. The van der Waals surface area contributed by atoms with Gasteiger partial charge in [-0.2, -0.15) is 9.40 Å². The number of piperidine rings is 1. The molecule has 14 heteroatoms. The molecule has 0 saturated carbocycles. The van der Waals surface area contributed by atoms with E-state index in [1.54, 1.807) is 22.9 Å². The summed E-state index contributed by atoms with van der Waals surface area (Å²) in [5.74, 6) is -0.762. The third-order valence-corrected chi connectivity index (χ3v) is 11.0. The lowest BCUT2D eigenvalue weighted by molar-refractivity contribution is -0.130. The molecule has 6 rings (SSSR count). The molecule has 3 aromatic rings. The fraction of sp³-hybridized carbons (Fsp3) is 0.485. The molecule has 2 fully saturated rings. The van der Waals surface area contributed by atoms with Gasteiger partial charge in [-0.3, -0.25) is 14.3 Å². The molecule has 1 aromatic heterocycles. The molecule has 11 nitrogen and oxygen atoms in total. The monoisotopic (exact) mass is 670 g/mol. The summed E-state index contributed by atoms with van der Waals surface area (Å²) < 4.78 is 55.5. The number of carbonyl (C=O) groups excluding carboxylic acids is 2. The fourth-order valence-corrected chi connectivity index (χ4v) is 7.78. The summed E-state index contributed by atoms with van der Waals surface area (Å²) in [6.07, 6.45) is 3.20. The van der Waals surface area contributed by atoms with Gasteiger partial charge in [0.15, 0.2) is 0 Å². The largest absolute Gasteiger partial charge is 0.390 e. The van der Waals surface area contributed by atoms with Gasteiger partial charge in [-0.1, -0.05) is 12.1 Å². The van der Waals surface area contributed by atoms with Crippen LogP contribution in [0.3, 0.4) is 0 Å². The number of rotatable bonds is 10. The minimum atomic E-state index is -3.49. The molecule has 1 atom stereocenters. The third kappa shape index (κ3) is 7.10. The highest BCUT2D eigenvalue weighted by Crippen LogP contribution is 2.38. The van der Waals surface area contributed by atoms with Crippen molar-refractivity contribution in [1.29, 1.82) is 0 Å². The highest BCUT2D eigenvalue weighted by Gasteiger charge is 2.44. The Balaban J connectivity index is 1.22. The molecule has 1 unspecified atom stereocenters. The minimum absolute atomic E-state index is 0.0131. The number of aromatic nitrogens is 2. The quantitative estimate of drug-likeness (QED) is 0.301. The van der Waals surface area contributed by atoms with Crippen molar-refractivity contribution >= 4 is 21.8 Å². The van der Waals surface area contributed by atoms with E-state index < -0.39 is 34.5 Å². The lowest BCUT2D eigenvalue weighted by Crippen LogP contribution is -2.46. The third-order valence-electron chi connectivity index (χ3n) is 9.77. The van der Waals surface area contributed by atoms with Crippen LogP contribution >= 0.6 is 0 Å². The van der Waals surface area contributed by atoms with E-state index in [-0.39, 0.29) is 43.1 Å². The van der Waals surface area contributed by atoms with Gasteiger partial charge >= 0.3 is 0 Å². The molecule has 3 aliphatic rings. The van der Waals surface area contributed by atoms with Crippen molar-refractivity contribution in [2.45, 2.75) is 58.1 Å². The molecule has 3 aliphatic heterocycles. The molecule has 252 valence electrons. The van der Waals surface area contributed by atoms with Crippen molar-refractivity contribution in [3.63, 3.8) is 0 Å².